The molecule has 0 radical (unpaired) electrons. The Kier molecular flexibility index (Phi) is 4.30. The lowest BCUT2D eigenvalue weighted by molar-refractivity contribution is 0.780. The molecule has 130 valence electrons. The van der Waals surface area contributed by atoms with Gasteiger partial charge in [-0.25, -0.2) is 4.98 Å². The Morgan fingerprint density at radius 3 is 2.69 bits per heavy atom. The molecule has 0 amide bonds. The van der Waals surface area contributed by atoms with Gasteiger partial charge in [0, 0.05) is 47.7 Å². The number of hydrogen-bond acceptors (Lipinski definition) is 5. The van der Waals surface area contributed by atoms with Crippen LogP contribution in [0.1, 0.15) is 0 Å². The zero-order valence-electron chi connectivity index (χ0n) is 14.4. The van der Waals surface area contributed by atoms with Crippen molar-refractivity contribution < 1.29 is 0 Å². The Hall–Kier alpha value is -2.93. The van der Waals surface area contributed by atoms with Crippen molar-refractivity contribution in [1.82, 2.24) is 19.7 Å². The number of anilines is 4. The van der Waals surface area contributed by atoms with Crippen molar-refractivity contribution in [2.24, 2.45) is 7.05 Å². The molecule has 0 saturated carbocycles. The summed E-state index contributed by atoms with van der Waals surface area (Å²) in [5.74, 6) is 1.35. The Balaban J connectivity index is 1.60. The maximum Gasteiger partial charge on any atom is 0.229 e. The predicted octanol–water partition coefficient (Wildman–Crippen LogP) is 4.64. The maximum atomic E-state index is 4.62. The molecule has 1 N–H and O–H groups in total. The van der Waals surface area contributed by atoms with Gasteiger partial charge in [-0.2, -0.15) is 10.1 Å². The molecule has 0 saturated heterocycles. The number of halogens is 1. The number of benzene rings is 2. The molecule has 4 aromatic rings. The molecule has 2 heterocycles. The Morgan fingerprint density at radius 2 is 1.88 bits per heavy atom. The quantitative estimate of drug-likeness (QED) is 0.532. The summed E-state index contributed by atoms with van der Waals surface area (Å²) in [7, 11) is 3.91. The number of aryl methyl sites for hydroxylation is 1. The minimum absolute atomic E-state index is 0.551. The van der Waals surface area contributed by atoms with Crippen LogP contribution < -0.4 is 10.2 Å². The molecule has 0 spiro atoms. The van der Waals surface area contributed by atoms with Gasteiger partial charge < -0.3 is 10.2 Å². The van der Waals surface area contributed by atoms with E-state index in [9.17, 15) is 0 Å². The zero-order valence-corrected chi connectivity index (χ0v) is 16.0. The van der Waals surface area contributed by atoms with Crippen LogP contribution in [-0.2, 0) is 7.05 Å². The highest BCUT2D eigenvalue weighted by molar-refractivity contribution is 9.10. The molecule has 2 aromatic heterocycles. The molecule has 26 heavy (non-hydrogen) atoms. The van der Waals surface area contributed by atoms with E-state index in [0.717, 1.165) is 32.6 Å². The third-order valence-corrected chi connectivity index (χ3v) is 4.61. The van der Waals surface area contributed by atoms with E-state index in [1.54, 1.807) is 6.20 Å². The van der Waals surface area contributed by atoms with Gasteiger partial charge in [0.25, 0.3) is 0 Å². The molecular weight excluding hydrogens is 392 g/mol. The number of hydrogen-bond donors (Lipinski definition) is 1. The lowest BCUT2D eigenvalue weighted by atomic mass is 10.2. The highest BCUT2D eigenvalue weighted by Crippen LogP contribution is 2.26. The predicted molar refractivity (Wildman–Crippen MR) is 108 cm³/mol. The van der Waals surface area contributed by atoms with Crippen molar-refractivity contribution in [3.05, 3.63) is 65.4 Å². The summed E-state index contributed by atoms with van der Waals surface area (Å²) in [5.41, 5.74) is 2.91. The SMILES string of the molecule is CN(c1ccc2cn(C)nc2c1)c1ccnc(Nc2ccc(Br)cc2)n1. The van der Waals surface area contributed by atoms with Crippen molar-refractivity contribution >= 4 is 50.0 Å². The van der Waals surface area contributed by atoms with Crippen LogP contribution in [0.15, 0.2) is 65.4 Å². The topological polar surface area (TPSA) is 58.9 Å². The van der Waals surface area contributed by atoms with Gasteiger partial charge in [-0.15, -0.1) is 0 Å². The second kappa shape index (κ2) is 6.76. The second-order valence-electron chi connectivity index (χ2n) is 5.98. The van der Waals surface area contributed by atoms with E-state index in [-0.39, 0.29) is 0 Å². The fourth-order valence-electron chi connectivity index (χ4n) is 2.73. The minimum atomic E-state index is 0.551. The van der Waals surface area contributed by atoms with Gasteiger partial charge in [0.2, 0.25) is 5.95 Å². The van der Waals surface area contributed by atoms with Gasteiger partial charge in [-0.05, 0) is 48.5 Å². The van der Waals surface area contributed by atoms with Gasteiger partial charge in [0.1, 0.15) is 5.82 Å². The first-order chi connectivity index (χ1) is 12.6. The summed E-state index contributed by atoms with van der Waals surface area (Å²) in [6.07, 6.45) is 3.75. The molecule has 2 aromatic carbocycles. The lowest BCUT2D eigenvalue weighted by Crippen LogP contribution is -2.12. The van der Waals surface area contributed by atoms with E-state index >= 15 is 0 Å². The summed E-state index contributed by atoms with van der Waals surface area (Å²) in [5, 5.41) is 8.81. The fourth-order valence-corrected chi connectivity index (χ4v) is 2.99. The average molecular weight is 409 g/mol. The van der Waals surface area contributed by atoms with Crippen LogP contribution in [0, 0.1) is 0 Å². The number of nitrogens with zero attached hydrogens (tertiary/aromatic N) is 5. The summed E-state index contributed by atoms with van der Waals surface area (Å²) in [6.45, 7) is 0. The monoisotopic (exact) mass is 408 g/mol. The number of nitrogens with one attached hydrogen (secondary N) is 1. The largest absolute Gasteiger partial charge is 0.329 e. The summed E-state index contributed by atoms with van der Waals surface area (Å²) < 4.78 is 2.85. The molecule has 0 aliphatic heterocycles. The Bertz CT molecular complexity index is 1060. The highest BCUT2D eigenvalue weighted by atomic mass is 79.9. The zero-order chi connectivity index (χ0) is 18.1. The van der Waals surface area contributed by atoms with Crippen molar-refractivity contribution in [3.63, 3.8) is 0 Å². The molecule has 6 nitrogen and oxygen atoms in total. The molecule has 0 aliphatic rings. The minimum Gasteiger partial charge on any atom is -0.329 e. The van der Waals surface area contributed by atoms with E-state index in [0.29, 0.717) is 5.95 Å². The lowest BCUT2D eigenvalue weighted by Gasteiger charge is -2.18. The van der Waals surface area contributed by atoms with Gasteiger partial charge in [0.15, 0.2) is 0 Å². The third-order valence-electron chi connectivity index (χ3n) is 4.08. The molecule has 0 unspecified atom stereocenters. The molecule has 7 heteroatoms. The van der Waals surface area contributed by atoms with Crippen molar-refractivity contribution in [2.75, 3.05) is 17.3 Å². The first-order valence-corrected chi connectivity index (χ1v) is 8.90. The smallest absolute Gasteiger partial charge is 0.229 e. The van der Waals surface area contributed by atoms with Crippen LogP contribution in [0.2, 0.25) is 0 Å². The standard InChI is InChI=1S/C19H17BrN6/c1-25-12-13-3-8-16(11-17(13)24-25)26(2)18-9-10-21-19(23-18)22-15-6-4-14(20)5-7-15/h3-12H,1-2H3,(H,21,22,23). The molecule has 0 fully saturated rings. The number of rotatable bonds is 4. The van der Waals surface area contributed by atoms with Crippen molar-refractivity contribution in [2.45, 2.75) is 0 Å². The number of aromatic nitrogens is 4. The summed E-state index contributed by atoms with van der Waals surface area (Å²) in [6, 6.07) is 16.0. The van der Waals surface area contributed by atoms with Crippen LogP contribution in [-0.4, -0.2) is 26.8 Å². The number of fused-ring (bicyclic) bond motifs is 1. The Morgan fingerprint density at radius 1 is 1.08 bits per heavy atom. The van der Waals surface area contributed by atoms with Crippen LogP contribution in [0.3, 0.4) is 0 Å². The molecule has 0 aliphatic carbocycles. The van der Waals surface area contributed by atoms with E-state index in [1.165, 1.54) is 0 Å². The molecular formula is C19H17BrN6. The van der Waals surface area contributed by atoms with Crippen LogP contribution >= 0.6 is 15.9 Å². The van der Waals surface area contributed by atoms with Crippen molar-refractivity contribution in [3.8, 4) is 0 Å². The second-order valence-corrected chi connectivity index (χ2v) is 6.89. The molecule has 0 bridgehead atoms. The highest BCUT2D eigenvalue weighted by Gasteiger charge is 2.09. The Labute approximate surface area is 159 Å². The van der Waals surface area contributed by atoms with E-state index in [4.69, 9.17) is 0 Å². The van der Waals surface area contributed by atoms with E-state index in [1.807, 2.05) is 60.2 Å². The van der Waals surface area contributed by atoms with E-state index in [2.05, 4.69) is 54.5 Å². The van der Waals surface area contributed by atoms with Gasteiger partial charge in [-0.1, -0.05) is 15.9 Å². The van der Waals surface area contributed by atoms with Gasteiger partial charge in [-0.3, -0.25) is 4.68 Å². The third kappa shape index (κ3) is 3.39. The molecule has 0 atom stereocenters. The summed E-state index contributed by atoms with van der Waals surface area (Å²) >= 11 is 3.43. The van der Waals surface area contributed by atoms with Gasteiger partial charge in [0.05, 0.1) is 5.52 Å². The first kappa shape index (κ1) is 16.5. The fraction of sp³-hybridized carbons (Fsp3) is 0.105. The molecule has 4 rings (SSSR count). The van der Waals surface area contributed by atoms with Crippen LogP contribution in [0.25, 0.3) is 10.9 Å². The first-order valence-electron chi connectivity index (χ1n) is 8.11. The maximum absolute atomic E-state index is 4.62. The van der Waals surface area contributed by atoms with Gasteiger partial charge >= 0.3 is 0 Å². The van der Waals surface area contributed by atoms with E-state index < -0.39 is 0 Å². The van der Waals surface area contributed by atoms with Crippen LogP contribution in [0.4, 0.5) is 23.1 Å². The summed E-state index contributed by atoms with van der Waals surface area (Å²) in [4.78, 5) is 10.9. The average Bonchev–Trinajstić information content (AvgIpc) is 3.02. The normalized spacial score (nSPS) is 10.9. The van der Waals surface area contributed by atoms with Crippen LogP contribution in [0.5, 0.6) is 0 Å². The van der Waals surface area contributed by atoms with Crippen molar-refractivity contribution in [1.29, 1.82) is 0 Å².